The second-order valence-electron chi connectivity index (χ2n) is 4.72. The van der Waals surface area contributed by atoms with E-state index in [0.29, 0.717) is 17.9 Å². The molecule has 9 nitrogen and oxygen atoms in total. The topological polar surface area (TPSA) is 123 Å². The maximum atomic E-state index is 12.1. The zero-order chi connectivity index (χ0) is 18.7. The van der Waals surface area contributed by atoms with Crippen molar-refractivity contribution in [2.45, 2.75) is 6.92 Å². The van der Waals surface area contributed by atoms with Crippen molar-refractivity contribution in [1.82, 2.24) is 16.0 Å². The number of hydrogen-bond donors (Lipinski definition) is 3. The zero-order valence-electron chi connectivity index (χ0n) is 14.1. The summed E-state index contributed by atoms with van der Waals surface area (Å²) in [6.45, 7) is 1.04. The van der Waals surface area contributed by atoms with Crippen LogP contribution in [0.4, 0.5) is 0 Å². The van der Waals surface area contributed by atoms with Gasteiger partial charge in [0, 0.05) is 7.05 Å². The number of benzene rings is 1. The van der Waals surface area contributed by atoms with Gasteiger partial charge in [-0.3, -0.25) is 19.2 Å². The molecule has 136 valence electrons. The van der Waals surface area contributed by atoms with E-state index >= 15 is 0 Å². The number of likely N-dealkylation sites (N-methyl/N-ethyl adjacent to an activating group) is 1. The molecule has 1 aromatic carbocycles. The van der Waals surface area contributed by atoms with E-state index in [9.17, 15) is 19.2 Å². The van der Waals surface area contributed by atoms with Gasteiger partial charge in [-0.1, -0.05) is 12.1 Å². The summed E-state index contributed by atoms with van der Waals surface area (Å²) in [6.07, 6.45) is 0. The number of hydrogen-bond acceptors (Lipinski definition) is 6. The van der Waals surface area contributed by atoms with Crippen LogP contribution in [0.5, 0.6) is 5.75 Å². The normalized spacial score (nSPS) is 9.68. The van der Waals surface area contributed by atoms with Crippen LogP contribution in [0.3, 0.4) is 0 Å². The molecule has 3 amide bonds. The fraction of sp³-hybridized carbons (Fsp3) is 0.375. The van der Waals surface area contributed by atoms with Crippen molar-refractivity contribution in [3.8, 4) is 5.75 Å². The van der Waals surface area contributed by atoms with Crippen molar-refractivity contribution in [2.24, 2.45) is 0 Å². The first-order valence-corrected chi connectivity index (χ1v) is 7.60. The van der Waals surface area contributed by atoms with Crippen LogP contribution >= 0.6 is 0 Å². The van der Waals surface area contributed by atoms with Crippen molar-refractivity contribution in [3.05, 3.63) is 29.8 Å². The summed E-state index contributed by atoms with van der Waals surface area (Å²) in [5.41, 5.74) is 0.292. The fourth-order valence-corrected chi connectivity index (χ4v) is 1.70. The molecule has 3 N–H and O–H groups in total. The number of para-hydroxylation sites is 1. The number of rotatable bonds is 9. The van der Waals surface area contributed by atoms with Crippen molar-refractivity contribution < 1.29 is 28.7 Å². The van der Waals surface area contributed by atoms with Crippen LogP contribution in [0.15, 0.2) is 24.3 Å². The number of ether oxygens (including phenoxy) is 2. The molecule has 0 atom stereocenters. The summed E-state index contributed by atoms with van der Waals surface area (Å²) < 4.78 is 10.0. The first kappa shape index (κ1) is 19.9. The van der Waals surface area contributed by atoms with Crippen molar-refractivity contribution in [3.63, 3.8) is 0 Å². The van der Waals surface area contributed by atoms with E-state index in [2.05, 4.69) is 16.0 Å². The number of carbonyl (C=O) groups is 4. The third-order valence-electron chi connectivity index (χ3n) is 2.91. The molecule has 0 aliphatic heterocycles. The summed E-state index contributed by atoms with van der Waals surface area (Å²) in [4.78, 5) is 46.0. The highest BCUT2D eigenvalue weighted by Gasteiger charge is 2.14. The molecule has 0 aliphatic rings. The molecule has 0 saturated heterocycles. The smallest absolute Gasteiger partial charge is 0.325 e. The Hall–Kier alpha value is -3.10. The average Bonchev–Trinajstić information content (AvgIpc) is 2.63. The van der Waals surface area contributed by atoms with Gasteiger partial charge in [-0.25, -0.2) is 0 Å². The SMILES string of the molecule is CCOc1ccccc1C(=O)NCC(=O)OCC(=O)NCC(=O)NC. The van der Waals surface area contributed by atoms with Crippen LogP contribution in [0.2, 0.25) is 0 Å². The van der Waals surface area contributed by atoms with E-state index in [1.807, 2.05) is 0 Å². The van der Waals surface area contributed by atoms with Gasteiger partial charge < -0.3 is 25.4 Å². The average molecular weight is 351 g/mol. The minimum absolute atomic E-state index is 0.210. The van der Waals surface area contributed by atoms with Crippen LogP contribution < -0.4 is 20.7 Å². The lowest BCUT2D eigenvalue weighted by molar-refractivity contribution is -0.147. The molecule has 25 heavy (non-hydrogen) atoms. The monoisotopic (exact) mass is 351 g/mol. The zero-order valence-corrected chi connectivity index (χ0v) is 14.1. The van der Waals surface area contributed by atoms with E-state index in [4.69, 9.17) is 9.47 Å². The van der Waals surface area contributed by atoms with Crippen LogP contribution in [-0.4, -0.2) is 57.0 Å². The highest BCUT2D eigenvalue weighted by molar-refractivity contribution is 5.98. The lowest BCUT2D eigenvalue weighted by atomic mass is 10.2. The van der Waals surface area contributed by atoms with Crippen molar-refractivity contribution >= 4 is 23.7 Å². The predicted octanol–water partition coefficient (Wildman–Crippen LogP) is -0.779. The summed E-state index contributed by atoms with van der Waals surface area (Å²) >= 11 is 0. The number of esters is 1. The molecule has 0 fully saturated rings. The molecule has 0 aliphatic carbocycles. The molecule has 0 aromatic heterocycles. The number of nitrogens with one attached hydrogen (secondary N) is 3. The fourth-order valence-electron chi connectivity index (χ4n) is 1.70. The number of amides is 3. The molecular weight excluding hydrogens is 330 g/mol. The predicted molar refractivity (Wildman–Crippen MR) is 88.0 cm³/mol. The van der Waals surface area contributed by atoms with Gasteiger partial charge >= 0.3 is 5.97 Å². The summed E-state index contributed by atoms with van der Waals surface area (Å²) in [5.74, 6) is -1.86. The molecule has 0 bridgehead atoms. The van der Waals surface area contributed by atoms with E-state index in [0.717, 1.165) is 0 Å². The summed E-state index contributed by atoms with van der Waals surface area (Å²) in [7, 11) is 1.43. The molecule has 0 saturated carbocycles. The second-order valence-corrected chi connectivity index (χ2v) is 4.72. The van der Waals surface area contributed by atoms with E-state index in [1.165, 1.54) is 7.05 Å². The molecule has 1 rings (SSSR count). The van der Waals surface area contributed by atoms with Gasteiger partial charge in [0.1, 0.15) is 12.3 Å². The van der Waals surface area contributed by atoms with Gasteiger partial charge in [-0.15, -0.1) is 0 Å². The molecule has 0 heterocycles. The van der Waals surface area contributed by atoms with Gasteiger partial charge in [-0.2, -0.15) is 0 Å². The van der Waals surface area contributed by atoms with Crippen LogP contribution in [0.25, 0.3) is 0 Å². The minimum atomic E-state index is -0.780. The first-order chi connectivity index (χ1) is 12.0. The maximum absolute atomic E-state index is 12.1. The highest BCUT2D eigenvalue weighted by Crippen LogP contribution is 2.17. The van der Waals surface area contributed by atoms with Gasteiger partial charge in [0.25, 0.3) is 11.8 Å². The minimum Gasteiger partial charge on any atom is -0.493 e. The van der Waals surface area contributed by atoms with Crippen molar-refractivity contribution in [2.75, 3.05) is 33.4 Å². The molecule has 0 spiro atoms. The molecule has 0 radical (unpaired) electrons. The van der Waals surface area contributed by atoms with Crippen LogP contribution in [0.1, 0.15) is 17.3 Å². The molecular formula is C16H21N3O6. The third-order valence-corrected chi connectivity index (χ3v) is 2.91. The van der Waals surface area contributed by atoms with E-state index in [-0.39, 0.29) is 12.5 Å². The molecule has 1 aromatic rings. The van der Waals surface area contributed by atoms with Gasteiger partial charge in [-0.05, 0) is 19.1 Å². The Morgan fingerprint density at radius 3 is 2.40 bits per heavy atom. The molecule has 9 heteroatoms. The third kappa shape index (κ3) is 7.34. The Balaban J connectivity index is 2.37. The maximum Gasteiger partial charge on any atom is 0.325 e. The van der Waals surface area contributed by atoms with Gasteiger partial charge in [0.2, 0.25) is 5.91 Å². The second kappa shape index (κ2) is 10.6. The highest BCUT2D eigenvalue weighted by atomic mass is 16.5. The Labute approximate surface area is 145 Å². The first-order valence-electron chi connectivity index (χ1n) is 7.60. The van der Waals surface area contributed by atoms with Gasteiger partial charge in [0.15, 0.2) is 6.61 Å². The van der Waals surface area contributed by atoms with Crippen LogP contribution in [-0.2, 0) is 19.1 Å². The lowest BCUT2D eigenvalue weighted by Gasteiger charge is -2.10. The van der Waals surface area contributed by atoms with Crippen LogP contribution in [0, 0.1) is 0 Å². The summed E-state index contributed by atoms with van der Waals surface area (Å²) in [5, 5.41) is 6.99. The number of carbonyl (C=O) groups excluding carboxylic acids is 4. The summed E-state index contributed by atoms with van der Waals surface area (Å²) in [6, 6.07) is 6.62. The van der Waals surface area contributed by atoms with E-state index < -0.39 is 30.9 Å². The molecule has 0 unspecified atom stereocenters. The Kier molecular flexibility index (Phi) is 8.48. The lowest BCUT2D eigenvalue weighted by Crippen LogP contribution is -2.38. The Morgan fingerprint density at radius 1 is 1.00 bits per heavy atom. The Bertz CT molecular complexity index is 632. The Morgan fingerprint density at radius 2 is 1.72 bits per heavy atom. The standard InChI is InChI=1S/C16H21N3O6/c1-3-24-12-7-5-4-6-11(12)16(23)19-9-15(22)25-10-14(21)18-8-13(20)17-2/h4-7H,3,8-10H2,1-2H3,(H,17,20)(H,18,21)(H,19,23). The largest absolute Gasteiger partial charge is 0.493 e. The van der Waals surface area contributed by atoms with E-state index in [1.54, 1.807) is 31.2 Å². The van der Waals surface area contributed by atoms with Gasteiger partial charge in [0.05, 0.1) is 18.7 Å². The van der Waals surface area contributed by atoms with Crippen molar-refractivity contribution in [1.29, 1.82) is 0 Å². The quantitative estimate of drug-likeness (QED) is 0.502.